The Morgan fingerprint density at radius 1 is 1.00 bits per heavy atom. The summed E-state index contributed by atoms with van der Waals surface area (Å²) in [5, 5.41) is 2.11. The van der Waals surface area contributed by atoms with E-state index in [2.05, 4.69) is 35.1 Å². The van der Waals surface area contributed by atoms with E-state index in [1.807, 2.05) is 24.4 Å². The minimum absolute atomic E-state index is 0.831. The van der Waals surface area contributed by atoms with Crippen molar-refractivity contribution in [3.05, 3.63) is 60.6 Å². The average molecular weight is 260 g/mol. The highest BCUT2D eigenvalue weighted by Crippen LogP contribution is 2.33. The molecule has 20 heavy (non-hydrogen) atoms. The van der Waals surface area contributed by atoms with E-state index in [1.54, 1.807) is 12.5 Å². The van der Waals surface area contributed by atoms with Gasteiger partial charge in [-0.05, 0) is 42.8 Å². The number of nitrogens with zero attached hydrogens (tertiary/aromatic N) is 2. The minimum Gasteiger partial charge on any atom is -0.462 e. The quantitative estimate of drug-likeness (QED) is 0.510. The first-order valence-electron chi connectivity index (χ1n) is 6.51. The van der Waals surface area contributed by atoms with Crippen LogP contribution in [0.25, 0.3) is 33.1 Å². The van der Waals surface area contributed by atoms with Crippen molar-refractivity contribution in [3.63, 3.8) is 0 Å². The molecule has 3 heterocycles. The van der Waals surface area contributed by atoms with E-state index in [9.17, 15) is 0 Å². The molecule has 0 aliphatic heterocycles. The SMILES string of the molecule is Cc1ccnc(-c2cc3ccoc3c3ncccc23)c1. The van der Waals surface area contributed by atoms with Crippen molar-refractivity contribution in [2.45, 2.75) is 6.92 Å². The predicted molar refractivity (Wildman–Crippen MR) is 79.5 cm³/mol. The number of rotatable bonds is 1. The van der Waals surface area contributed by atoms with Crippen LogP contribution in [-0.4, -0.2) is 9.97 Å². The second kappa shape index (κ2) is 4.17. The van der Waals surface area contributed by atoms with E-state index in [4.69, 9.17) is 4.42 Å². The normalized spacial score (nSPS) is 11.2. The van der Waals surface area contributed by atoms with Crippen molar-refractivity contribution in [2.24, 2.45) is 0 Å². The van der Waals surface area contributed by atoms with Gasteiger partial charge < -0.3 is 4.42 Å². The number of hydrogen-bond donors (Lipinski definition) is 0. The van der Waals surface area contributed by atoms with E-state index in [0.29, 0.717) is 0 Å². The molecule has 0 saturated carbocycles. The topological polar surface area (TPSA) is 38.9 Å². The van der Waals surface area contributed by atoms with Crippen LogP contribution < -0.4 is 0 Å². The number of furan rings is 1. The second-order valence-electron chi connectivity index (χ2n) is 4.88. The van der Waals surface area contributed by atoms with Gasteiger partial charge in [-0.3, -0.25) is 9.97 Å². The lowest BCUT2D eigenvalue weighted by molar-refractivity contribution is 0.618. The van der Waals surface area contributed by atoms with E-state index >= 15 is 0 Å². The zero-order valence-electron chi connectivity index (χ0n) is 11.0. The molecule has 3 aromatic heterocycles. The number of fused-ring (bicyclic) bond motifs is 3. The van der Waals surface area contributed by atoms with Crippen LogP contribution in [0, 0.1) is 6.92 Å². The van der Waals surface area contributed by atoms with Crippen molar-refractivity contribution in [1.29, 1.82) is 0 Å². The molecule has 96 valence electrons. The first-order valence-corrected chi connectivity index (χ1v) is 6.51. The first-order chi connectivity index (χ1) is 9.83. The van der Waals surface area contributed by atoms with Crippen molar-refractivity contribution in [1.82, 2.24) is 9.97 Å². The zero-order valence-corrected chi connectivity index (χ0v) is 11.0. The summed E-state index contributed by atoms with van der Waals surface area (Å²) in [6.45, 7) is 2.07. The molecule has 0 aliphatic carbocycles. The predicted octanol–water partition coefficient (Wildman–Crippen LogP) is 4.35. The third kappa shape index (κ3) is 1.60. The molecule has 0 fully saturated rings. The number of benzene rings is 1. The minimum atomic E-state index is 0.831. The van der Waals surface area contributed by atoms with E-state index < -0.39 is 0 Å². The van der Waals surface area contributed by atoms with E-state index in [1.165, 1.54) is 5.56 Å². The van der Waals surface area contributed by atoms with Crippen LogP contribution in [-0.2, 0) is 0 Å². The van der Waals surface area contributed by atoms with Crippen molar-refractivity contribution < 1.29 is 4.42 Å². The van der Waals surface area contributed by atoms with Gasteiger partial charge in [0.15, 0.2) is 5.58 Å². The maximum atomic E-state index is 5.56. The molecular formula is C17H12N2O. The summed E-state index contributed by atoms with van der Waals surface area (Å²) < 4.78 is 5.56. The Morgan fingerprint density at radius 3 is 2.85 bits per heavy atom. The molecule has 0 atom stereocenters. The molecule has 0 unspecified atom stereocenters. The van der Waals surface area contributed by atoms with Gasteiger partial charge in [0.2, 0.25) is 0 Å². The molecule has 3 heteroatoms. The van der Waals surface area contributed by atoms with Gasteiger partial charge in [-0.25, -0.2) is 0 Å². The molecule has 0 spiro atoms. The van der Waals surface area contributed by atoms with Gasteiger partial charge in [-0.1, -0.05) is 6.07 Å². The van der Waals surface area contributed by atoms with Crippen LogP contribution in [0.5, 0.6) is 0 Å². The number of hydrogen-bond acceptors (Lipinski definition) is 3. The summed E-state index contributed by atoms with van der Waals surface area (Å²) in [6, 6.07) is 12.2. The summed E-state index contributed by atoms with van der Waals surface area (Å²) in [5.74, 6) is 0. The second-order valence-corrected chi connectivity index (χ2v) is 4.88. The standard InChI is InChI=1S/C17H12N2O/c1-11-4-7-18-15(9-11)14-10-12-5-8-20-17(12)16-13(14)3-2-6-19-16/h2-10H,1H3. The van der Waals surface area contributed by atoms with Crippen LogP contribution in [0.2, 0.25) is 0 Å². The number of pyridine rings is 2. The van der Waals surface area contributed by atoms with Gasteiger partial charge in [-0.2, -0.15) is 0 Å². The van der Waals surface area contributed by atoms with Gasteiger partial charge in [-0.15, -0.1) is 0 Å². The maximum Gasteiger partial charge on any atom is 0.160 e. The van der Waals surface area contributed by atoms with E-state index in [-0.39, 0.29) is 0 Å². The van der Waals surface area contributed by atoms with Gasteiger partial charge in [0.05, 0.1) is 12.0 Å². The Bertz CT molecular complexity index is 924. The van der Waals surface area contributed by atoms with Crippen LogP contribution >= 0.6 is 0 Å². The fourth-order valence-electron chi connectivity index (χ4n) is 2.56. The summed E-state index contributed by atoms with van der Waals surface area (Å²) in [6.07, 6.45) is 5.33. The first kappa shape index (κ1) is 11.2. The van der Waals surface area contributed by atoms with Crippen LogP contribution in [0.3, 0.4) is 0 Å². The lowest BCUT2D eigenvalue weighted by Crippen LogP contribution is -1.88. The van der Waals surface area contributed by atoms with Gasteiger partial charge in [0.25, 0.3) is 0 Å². The van der Waals surface area contributed by atoms with Crippen molar-refractivity contribution in [2.75, 3.05) is 0 Å². The molecule has 0 amide bonds. The summed E-state index contributed by atoms with van der Waals surface area (Å²) >= 11 is 0. The van der Waals surface area contributed by atoms with Gasteiger partial charge in [0, 0.05) is 28.7 Å². The molecule has 4 aromatic rings. The molecular weight excluding hydrogens is 248 g/mol. The fourth-order valence-corrected chi connectivity index (χ4v) is 2.56. The highest BCUT2D eigenvalue weighted by atomic mass is 16.3. The summed E-state index contributed by atoms with van der Waals surface area (Å²) in [5.41, 5.74) is 4.96. The summed E-state index contributed by atoms with van der Waals surface area (Å²) in [4.78, 5) is 8.96. The summed E-state index contributed by atoms with van der Waals surface area (Å²) in [7, 11) is 0. The third-order valence-electron chi connectivity index (χ3n) is 3.50. The third-order valence-corrected chi connectivity index (χ3v) is 3.50. The van der Waals surface area contributed by atoms with Gasteiger partial charge in [0.1, 0.15) is 5.52 Å². The molecule has 0 bridgehead atoms. The van der Waals surface area contributed by atoms with E-state index in [0.717, 1.165) is 33.1 Å². The fraction of sp³-hybridized carbons (Fsp3) is 0.0588. The highest BCUT2D eigenvalue weighted by Gasteiger charge is 2.12. The highest BCUT2D eigenvalue weighted by molar-refractivity contribution is 6.09. The van der Waals surface area contributed by atoms with Gasteiger partial charge >= 0.3 is 0 Å². The molecule has 0 N–H and O–H groups in total. The number of aryl methyl sites for hydroxylation is 1. The van der Waals surface area contributed by atoms with Crippen LogP contribution in [0.4, 0.5) is 0 Å². The molecule has 0 saturated heterocycles. The Labute approximate surface area is 115 Å². The van der Waals surface area contributed by atoms with Crippen molar-refractivity contribution >= 4 is 21.9 Å². The maximum absolute atomic E-state index is 5.56. The van der Waals surface area contributed by atoms with Crippen LogP contribution in [0.15, 0.2) is 59.5 Å². The molecule has 0 radical (unpaired) electrons. The Kier molecular flexibility index (Phi) is 2.33. The zero-order chi connectivity index (χ0) is 13.5. The largest absolute Gasteiger partial charge is 0.462 e. The lowest BCUT2D eigenvalue weighted by Gasteiger charge is -2.07. The smallest absolute Gasteiger partial charge is 0.160 e. The number of aromatic nitrogens is 2. The average Bonchev–Trinajstić information content (AvgIpc) is 2.95. The lowest BCUT2D eigenvalue weighted by atomic mass is 10.0. The molecule has 3 nitrogen and oxygen atoms in total. The Hall–Kier alpha value is -2.68. The van der Waals surface area contributed by atoms with Crippen molar-refractivity contribution in [3.8, 4) is 11.3 Å². The Balaban J connectivity index is 2.16. The van der Waals surface area contributed by atoms with Crippen LogP contribution in [0.1, 0.15) is 5.56 Å². The Morgan fingerprint density at radius 2 is 1.95 bits per heavy atom. The monoisotopic (exact) mass is 260 g/mol. The molecule has 1 aromatic carbocycles. The molecule has 4 rings (SSSR count). The molecule has 0 aliphatic rings.